The molecule has 0 aromatic heterocycles. The lowest BCUT2D eigenvalue weighted by Gasteiger charge is -2.11. The molecule has 0 radical (unpaired) electrons. The summed E-state index contributed by atoms with van der Waals surface area (Å²) in [4.78, 5) is 25.3. The van der Waals surface area contributed by atoms with Crippen molar-refractivity contribution in [2.75, 3.05) is 6.54 Å². The van der Waals surface area contributed by atoms with Crippen LogP contribution in [0.15, 0.2) is 42.1 Å². The van der Waals surface area contributed by atoms with E-state index in [9.17, 15) is 9.59 Å². The number of carbonyl (C=O) groups excluding carboxylic acids is 2. The fourth-order valence-corrected chi connectivity index (χ4v) is 3.44. The molecule has 0 saturated carbocycles. The van der Waals surface area contributed by atoms with Gasteiger partial charge in [0.2, 0.25) is 0 Å². The normalized spacial score (nSPS) is 15.3. The van der Waals surface area contributed by atoms with Gasteiger partial charge in [0.1, 0.15) is 12.3 Å². The predicted molar refractivity (Wildman–Crippen MR) is 111 cm³/mol. The quantitative estimate of drug-likeness (QED) is 0.475. The first-order chi connectivity index (χ1) is 13.4. The first-order valence-electron chi connectivity index (χ1n) is 8.60. The van der Waals surface area contributed by atoms with Gasteiger partial charge in [-0.2, -0.15) is 0 Å². The average molecular weight is 440 g/mol. The van der Waals surface area contributed by atoms with E-state index in [1.807, 2.05) is 19.1 Å². The molecule has 1 saturated heterocycles. The second kappa shape index (κ2) is 8.86. The second-order valence-corrected chi connectivity index (χ2v) is 7.42. The Kier molecular flexibility index (Phi) is 6.50. The van der Waals surface area contributed by atoms with Crippen LogP contribution in [0.4, 0.5) is 4.79 Å². The van der Waals surface area contributed by atoms with Gasteiger partial charge in [0.15, 0.2) is 5.75 Å². The van der Waals surface area contributed by atoms with E-state index in [1.165, 1.54) is 11.0 Å². The van der Waals surface area contributed by atoms with Crippen LogP contribution in [0, 0.1) is 0 Å². The number of ether oxygens (including phenoxy) is 1. The highest BCUT2D eigenvalue weighted by Gasteiger charge is 2.32. The largest absolute Gasteiger partial charge is 0.486 e. The van der Waals surface area contributed by atoms with Crippen LogP contribution in [0.1, 0.15) is 24.5 Å². The summed E-state index contributed by atoms with van der Waals surface area (Å²) in [7, 11) is 0. The van der Waals surface area contributed by atoms with E-state index in [4.69, 9.17) is 39.5 Å². The minimum absolute atomic E-state index is 0.181. The second-order valence-electron chi connectivity index (χ2n) is 6.17. The summed E-state index contributed by atoms with van der Waals surface area (Å²) in [6, 6.07) is 10.1. The van der Waals surface area contributed by atoms with Gasteiger partial charge < -0.3 is 10.1 Å². The van der Waals surface area contributed by atoms with Gasteiger partial charge in [0.25, 0.3) is 5.91 Å². The van der Waals surface area contributed by atoms with Gasteiger partial charge in [-0.1, -0.05) is 53.9 Å². The number of nitrogens with zero attached hydrogens (tertiary/aromatic N) is 1. The molecule has 3 amide bonds. The van der Waals surface area contributed by atoms with Crippen LogP contribution in [0.2, 0.25) is 15.1 Å². The minimum Gasteiger partial charge on any atom is -0.486 e. The maximum atomic E-state index is 12.3. The van der Waals surface area contributed by atoms with E-state index < -0.39 is 6.03 Å². The maximum absolute atomic E-state index is 12.3. The van der Waals surface area contributed by atoms with Gasteiger partial charge in [-0.15, -0.1) is 0 Å². The molecule has 2 aromatic carbocycles. The SMILES string of the molecule is CCCN1C(=O)N/C(=C/c2cc(Cl)c(OCc3ccc(Cl)cc3)c(Cl)c2)C1=O. The molecule has 1 aliphatic heterocycles. The van der Waals surface area contributed by atoms with Crippen molar-refractivity contribution in [2.24, 2.45) is 0 Å². The standard InChI is InChI=1S/C20H17Cl3N2O3/c1-2-7-25-19(26)17(24-20(25)27)10-13-8-15(22)18(16(23)9-13)28-11-12-3-5-14(21)6-4-12/h3-6,8-10H,2,7,11H2,1H3,(H,24,27)/b17-10+. The molecule has 28 heavy (non-hydrogen) atoms. The van der Waals surface area contributed by atoms with Gasteiger partial charge in [-0.3, -0.25) is 9.69 Å². The Labute approximate surface area is 177 Å². The predicted octanol–water partition coefficient (Wildman–Crippen LogP) is 5.53. The number of nitrogens with one attached hydrogen (secondary N) is 1. The number of benzene rings is 2. The van der Waals surface area contributed by atoms with Gasteiger partial charge in [-0.05, 0) is 47.9 Å². The van der Waals surface area contributed by atoms with Crippen molar-refractivity contribution >= 4 is 52.8 Å². The van der Waals surface area contributed by atoms with Crippen molar-refractivity contribution < 1.29 is 14.3 Å². The Hall–Kier alpha value is -2.21. The summed E-state index contributed by atoms with van der Waals surface area (Å²) in [6.45, 7) is 2.53. The highest BCUT2D eigenvalue weighted by molar-refractivity contribution is 6.37. The zero-order chi connectivity index (χ0) is 20.3. The molecule has 1 aliphatic rings. The third kappa shape index (κ3) is 4.61. The van der Waals surface area contributed by atoms with Crippen LogP contribution in [-0.4, -0.2) is 23.4 Å². The number of rotatable bonds is 6. The lowest BCUT2D eigenvalue weighted by Crippen LogP contribution is -2.31. The van der Waals surface area contributed by atoms with Crippen LogP contribution >= 0.6 is 34.8 Å². The Morgan fingerprint density at radius 1 is 1.07 bits per heavy atom. The smallest absolute Gasteiger partial charge is 0.329 e. The van der Waals surface area contributed by atoms with Crippen LogP contribution in [-0.2, 0) is 11.4 Å². The van der Waals surface area contributed by atoms with E-state index in [2.05, 4.69) is 5.32 Å². The number of halogens is 3. The minimum atomic E-state index is -0.432. The molecule has 1 fully saturated rings. The van der Waals surface area contributed by atoms with Crippen molar-refractivity contribution in [1.82, 2.24) is 10.2 Å². The molecule has 0 aliphatic carbocycles. The molecule has 0 atom stereocenters. The van der Waals surface area contributed by atoms with Crippen LogP contribution in [0.25, 0.3) is 6.08 Å². The van der Waals surface area contributed by atoms with Crippen molar-refractivity contribution in [3.8, 4) is 5.75 Å². The molecule has 0 unspecified atom stereocenters. The summed E-state index contributed by atoms with van der Waals surface area (Å²) in [6.07, 6.45) is 2.22. The fraction of sp³-hybridized carbons (Fsp3) is 0.200. The summed E-state index contributed by atoms with van der Waals surface area (Å²) in [5.41, 5.74) is 1.68. The first-order valence-corrected chi connectivity index (χ1v) is 9.73. The fourth-order valence-electron chi connectivity index (χ4n) is 2.70. The first kappa shape index (κ1) is 20.5. The lowest BCUT2D eigenvalue weighted by molar-refractivity contribution is -0.122. The molecule has 1 N–H and O–H groups in total. The van der Waals surface area contributed by atoms with Crippen molar-refractivity contribution in [3.05, 3.63) is 68.3 Å². The molecule has 5 nitrogen and oxygen atoms in total. The van der Waals surface area contributed by atoms with Crippen LogP contribution in [0.5, 0.6) is 5.75 Å². The zero-order valence-corrected chi connectivity index (χ0v) is 17.2. The summed E-state index contributed by atoms with van der Waals surface area (Å²) in [5, 5.41) is 3.81. The summed E-state index contributed by atoms with van der Waals surface area (Å²) in [5.74, 6) is -0.0306. The van der Waals surface area contributed by atoms with Crippen molar-refractivity contribution in [2.45, 2.75) is 20.0 Å². The van der Waals surface area contributed by atoms with Crippen LogP contribution in [0.3, 0.4) is 0 Å². The Balaban J connectivity index is 1.77. The molecule has 0 bridgehead atoms. The van der Waals surface area contributed by atoms with E-state index in [0.29, 0.717) is 39.3 Å². The highest BCUT2D eigenvalue weighted by atomic mass is 35.5. The molecule has 8 heteroatoms. The van der Waals surface area contributed by atoms with Crippen molar-refractivity contribution in [1.29, 1.82) is 0 Å². The lowest BCUT2D eigenvalue weighted by atomic mass is 10.1. The van der Waals surface area contributed by atoms with Gasteiger partial charge in [0.05, 0.1) is 10.0 Å². The highest BCUT2D eigenvalue weighted by Crippen LogP contribution is 2.35. The summed E-state index contributed by atoms with van der Waals surface area (Å²) < 4.78 is 5.73. The maximum Gasteiger partial charge on any atom is 0.329 e. The number of urea groups is 1. The van der Waals surface area contributed by atoms with E-state index in [-0.39, 0.29) is 18.2 Å². The topological polar surface area (TPSA) is 58.6 Å². The number of hydrogen-bond donors (Lipinski definition) is 1. The molecule has 2 aromatic rings. The van der Waals surface area contributed by atoms with E-state index in [0.717, 1.165) is 5.56 Å². The molecule has 1 heterocycles. The van der Waals surface area contributed by atoms with Crippen LogP contribution < -0.4 is 10.1 Å². The average Bonchev–Trinajstić information content (AvgIpc) is 2.90. The molecule has 3 rings (SSSR count). The number of carbonyl (C=O) groups is 2. The van der Waals surface area contributed by atoms with Gasteiger partial charge >= 0.3 is 6.03 Å². The van der Waals surface area contributed by atoms with Gasteiger partial charge in [0, 0.05) is 11.6 Å². The molecule has 0 spiro atoms. The van der Waals surface area contributed by atoms with E-state index in [1.54, 1.807) is 24.3 Å². The third-order valence-corrected chi connectivity index (χ3v) is 4.85. The van der Waals surface area contributed by atoms with Crippen molar-refractivity contribution in [3.63, 3.8) is 0 Å². The Morgan fingerprint density at radius 3 is 2.32 bits per heavy atom. The molecular weight excluding hydrogens is 423 g/mol. The zero-order valence-electron chi connectivity index (χ0n) is 15.0. The Morgan fingerprint density at radius 2 is 1.71 bits per heavy atom. The monoisotopic (exact) mass is 438 g/mol. The Bertz CT molecular complexity index is 919. The summed E-state index contributed by atoms with van der Waals surface area (Å²) >= 11 is 18.5. The number of hydrogen-bond acceptors (Lipinski definition) is 3. The van der Waals surface area contributed by atoms with E-state index >= 15 is 0 Å². The van der Waals surface area contributed by atoms with Gasteiger partial charge in [-0.25, -0.2) is 4.79 Å². The number of amides is 3. The third-order valence-electron chi connectivity index (χ3n) is 4.04. The molecular formula is C20H17Cl3N2O3. The molecule has 146 valence electrons. The number of imide groups is 1.